The summed E-state index contributed by atoms with van der Waals surface area (Å²) in [5.74, 6) is 0. The first-order valence-electron chi connectivity index (χ1n) is 6.44. The molecule has 0 spiro atoms. The Morgan fingerprint density at radius 1 is 1.21 bits per heavy atom. The Kier molecular flexibility index (Phi) is 5.46. The Morgan fingerprint density at radius 3 is 2.79 bits per heavy atom. The van der Waals surface area contributed by atoms with Gasteiger partial charge < -0.3 is 10.5 Å². The Bertz CT molecular complexity index is 471. The van der Waals surface area contributed by atoms with E-state index in [0.717, 1.165) is 25.1 Å². The van der Waals surface area contributed by atoms with Crippen molar-refractivity contribution < 1.29 is 4.74 Å². The lowest BCUT2D eigenvalue weighted by molar-refractivity contribution is 0.121. The van der Waals surface area contributed by atoms with Crippen molar-refractivity contribution in [3.05, 3.63) is 42.0 Å². The molecule has 0 saturated heterocycles. The molecule has 19 heavy (non-hydrogen) atoms. The second kappa shape index (κ2) is 7.60. The molecule has 0 aliphatic carbocycles. The molecule has 6 heteroatoms. The summed E-state index contributed by atoms with van der Waals surface area (Å²) in [7, 11) is 0. The van der Waals surface area contributed by atoms with Crippen LogP contribution in [0.25, 0.3) is 0 Å². The van der Waals surface area contributed by atoms with Crippen LogP contribution in [0.3, 0.4) is 0 Å². The molecule has 0 aliphatic rings. The average molecular weight is 261 g/mol. The quantitative estimate of drug-likeness (QED) is 0.710. The van der Waals surface area contributed by atoms with Crippen molar-refractivity contribution in [3.63, 3.8) is 0 Å². The van der Waals surface area contributed by atoms with Crippen LogP contribution in [-0.4, -0.2) is 33.2 Å². The second-order valence-corrected chi connectivity index (χ2v) is 4.25. The van der Waals surface area contributed by atoms with Gasteiger partial charge in [0.05, 0.1) is 18.8 Å². The number of aromatic nitrogens is 4. The molecule has 2 N–H and O–H groups in total. The molecule has 0 saturated carbocycles. The molecule has 2 aromatic rings. The summed E-state index contributed by atoms with van der Waals surface area (Å²) in [6.07, 6.45) is 7.50. The summed E-state index contributed by atoms with van der Waals surface area (Å²) in [5.41, 5.74) is 7.56. The van der Waals surface area contributed by atoms with Crippen molar-refractivity contribution in [1.82, 2.24) is 20.0 Å². The predicted molar refractivity (Wildman–Crippen MR) is 71.3 cm³/mol. The lowest BCUT2D eigenvalue weighted by atomic mass is 10.1. The maximum absolute atomic E-state index is 5.57. The number of nitrogens with zero attached hydrogens (tertiary/aromatic N) is 4. The van der Waals surface area contributed by atoms with E-state index in [9.17, 15) is 0 Å². The van der Waals surface area contributed by atoms with Gasteiger partial charge in [-0.25, -0.2) is 4.68 Å². The smallest absolute Gasteiger partial charge is 0.0962 e. The van der Waals surface area contributed by atoms with Gasteiger partial charge in [-0.15, -0.1) is 5.10 Å². The minimum atomic E-state index is 0.423. The van der Waals surface area contributed by atoms with Gasteiger partial charge in [0.1, 0.15) is 0 Å². The lowest BCUT2D eigenvalue weighted by Crippen LogP contribution is -2.08. The topological polar surface area (TPSA) is 78.9 Å². The zero-order valence-electron chi connectivity index (χ0n) is 10.9. The first-order chi connectivity index (χ1) is 9.38. The van der Waals surface area contributed by atoms with E-state index in [1.807, 2.05) is 30.7 Å². The fourth-order valence-electron chi connectivity index (χ4n) is 1.73. The highest BCUT2D eigenvalue weighted by molar-refractivity contribution is 5.09. The Labute approximate surface area is 112 Å². The zero-order chi connectivity index (χ0) is 13.3. The Hall–Kier alpha value is -1.79. The molecular formula is C13H19N5O. The van der Waals surface area contributed by atoms with Gasteiger partial charge in [-0.1, -0.05) is 5.21 Å². The number of pyridine rings is 1. The molecule has 0 aromatic carbocycles. The standard InChI is InChI=1S/C13H19N5O/c14-10-13-11-18(17-16-13)7-9-19-8-1-2-12-3-5-15-6-4-12/h3-6,11H,1-2,7-10,14H2. The van der Waals surface area contributed by atoms with Gasteiger partial charge in [-0.05, 0) is 30.5 Å². The third-order valence-electron chi connectivity index (χ3n) is 2.76. The van der Waals surface area contributed by atoms with E-state index in [1.54, 1.807) is 4.68 Å². The number of aryl methyl sites for hydroxylation is 1. The average Bonchev–Trinajstić information content (AvgIpc) is 2.92. The van der Waals surface area contributed by atoms with Crippen LogP contribution in [0.1, 0.15) is 17.7 Å². The molecule has 0 unspecified atom stereocenters. The summed E-state index contributed by atoms with van der Waals surface area (Å²) in [4.78, 5) is 3.99. The maximum Gasteiger partial charge on any atom is 0.0962 e. The molecule has 2 aromatic heterocycles. The van der Waals surface area contributed by atoms with Crippen molar-refractivity contribution in [2.24, 2.45) is 5.73 Å². The van der Waals surface area contributed by atoms with Crippen LogP contribution >= 0.6 is 0 Å². The van der Waals surface area contributed by atoms with Crippen molar-refractivity contribution in [2.75, 3.05) is 13.2 Å². The van der Waals surface area contributed by atoms with Gasteiger partial charge in [-0.2, -0.15) is 0 Å². The summed E-state index contributed by atoms with van der Waals surface area (Å²) >= 11 is 0. The van der Waals surface area contributed by atoms with Crippen LogP contribution in [0.4, 0.5) is 0 Å². The van der Waals surface area contributed by atoms with Crippen LogP contribution in [0.2, 0.25) is 0 Å². The van der Waals surface area contributed by atoms with Gasteiger partial charge in [0.15, 0.2) is 0 Å². The van der Waals surface area contributed by atoms with E-state index in [-0.39, 0.29) is 0 Å². The third-order valence-corrected chi connectivity index (χ3v) is 2.76. The van der Waals surface area contributed by atoms with Crippen molar-refractivity contribution in [2.45, 2.75) is 25.9 Å². The first-order valence-corrected chi connectivity index (χ1v) is 6.44. The van der Waals surface area contributed by atoms with E-state index in [4.69, 9.17) is 10.5 Å². The summed E-state index contributed by atoms with van der Waals surface area (Å²) in [5, 5.41) is 7.87. The summed E-state index contributed by atoms with van der Waals surface area (Å²) < 4.78 is 7.32. The molecule has 102 valence electrons. The zero-order valence-corrected chi connectivity index (χ0v) is 10.9. The highest BCUT2D eigenvalue weighted by atomic mass is 16.5. The third kappa shape index (κ3) is 4.76. The van der Waals surface area contributed by atoms with Crippen LogP contribution in [0.15, 0.2) is 30.7 Å². The fraction of sp³-hybridized carbons (Fsp3) is 0.462. The van der Waals surface area contributed by atoms with E-state index in [1.165, 1.54) is 5.56 Å². The van der Waals surface area contributed by atoms with Crippen molar-refractivity contribution in [1.29, 1.82) is 0 Å². The van der Waals surface area contributed by atoms with E-state index in [2.05, 4.69) is 15.3 Å². The molecule has 6 nitrogen and oxygen atoms in total. The Balaban J connectivity index is 1.55. The van der Waals surface area contributed by atoms with Crippen molar-refractivity contribution in [3.8, 4) is 0 Å². The maximum atomic E-state index is 5.57. The van der Waals surface area contributed by atoms with Crippen LogP contribution < -0.4 is 5.73 Å². The van der Waals surface area contributed by atoms with E-state index < -0.39 is 0 Å². The van der Waals surface area contributed by atoms with Gasteiger partial charge >= 0.3 is 0 Å². The SMILES string of the molecule is NCc1cn(CCOCCCc2ccncc2)nn1. The van der Waals surface area contributed by atoms with Crippen LogP contribution in [0, 0.1) is 0 Å². The van der Waals surface area contributed by atoms with E-state index in [0.29, 0.717) is 19.7 Å². The summed E-state index contributed by atoms with van der Waals surface area (Å²) in [6.45, 7) is 2.53. The second-order valence-electron chi connectivity index (χ2n) is 4.25. The highest BCUT2D eigenvalue weighted by Crippen LogP contribution is 2.01. The molecule has 0 radical (unpaired) electrons. The predicted octanol–water partition coefficient (Wildman–Crippen LogP) is 0.781. The minimum absolute atomic E-state index is 0.423. The van der Waals surface area contributed by atoms with Gasteiger partial charge in [0, 0.05) is 31.7 Å². The molecule has 0 aliphatic heterocycles. The minimum Gasteiger partial charge on any atom is -0.380 e. The lowest BCUT2D eigenvalue weighted by Gasteiger charge is -2.04. The summed E-state index contributed by atoms with van der Waals surface area (Å²) in [6, 6.07) is 4.06. The fourth-order valence-corrected chi connectivity index (χ4v) is 1.73. The van der Waals surface area contributed by atoms with E-state index >= 15 is 0 Å². The number of nitrogens with two attached hydrogens (primary N) is 1. The normalized spacial score (nSPS) is 10.8. The number of ether oxygens (including phenoxy) is 1. The molecule has 0 amide bonds. The van der Waals surface area contributed by atoms with Crippen LogP contribution in [-0.2, 0) is 24.2 Å². The molecule has 0 fully saturated rings. The van der Waals surface area contributed by atoms with Gasteiger partial charge in [0.25, 0.3) is 0 Å². The molecule has 2 rings (SSSR count). The van der Waals surface area contributed by atoms with Gasteiger partial charge in [0.2, 0.25) is 0 Å². The number of hydrogen-bond acceptors (Lipinski definition) is 5. The molecule has 0 bridgehead atoms. The molecular weight excluding hydrogens is 242 g/mol. The van der Waals surface area contributed by atoms with Crippen molar-refractivity contribution >= 4 is 0 Å². The highest BCUT2D eigenvalue weighted by Gasteiger charge is 1.98. The largest absolute Gasteiger partial charge is 0.380 e. The van der Waals surface area contributed by atoms with Gasteiger partial charge in [-0.3, -0.25) is 4.98 Å². The first kappa shape index (κ1) is 13.6. The molecule has 0 atom stereocenters. The molecule has 2 heterocycles. The monoisotopic (exact) mass is 261 g/mol. The van der Waals surface area contributed by atoms with Crippen LogP contribution in [0.5, 0.6) is 0 Å². The number of hydrogen-bond donors (Lipinski definition) is 1. The Morgan fingerprint density at radius 2 is 2.05 bits per heavy atom. The number of rotatable bonds is 8.